The van der Waals surface area contributed by atoms with E-state index in [2.05, 4.69) is 0 Å². The second-order valence-electron chi connectivity index (χ2n) is 3.44. The highest BCUT2D eigenvalue weighted by molar-refractivity contribution is 4.83. The zero-order valence-corrected chi connectivity index (χ0v) is 6.50. The van der Waals surface area contributed by atoms with Crippen LogP contribution >= 0.6 is 0 Å². The SMILES string of the molecule is CC1CC(C)(C)N([O-])[N+]1=O. The molecule has 1 aliphatic heterocycles. The Morgan fingerprint density at radius 3 is 2.30 bits per heavy atom. The van der Waals surface area contributed by atoms with Gasteiger partial charge < -0.3 is 5.21 Å². The molecule has 0 bridgehead atoms. The van der Waals surface area contributed by atoms with Crippen LogP contribution in [-0.4, -0.2) is 21.6 Å². The average molecular weight is 144 g/mol. The molecule has 1 rings (SSSR count). The van der Waals surface area contributed by atoms with Crippen molar-refractivity contribution in [1.82, 2.24) is 5.17 Å². The molecule has 0 spiro atoms. The maximum atomic E-state index is 11.0. The van der Waals surface area contributed by atoms with E-state index in [1.807, 2.05) is 0 Å². The highest BCUT2D eigenvalue weighted by Gasteiger charge is 2.44. The minimum Gasteiger partial charge on any atom is -0.704 e. The first-order valence-corrected chi connectivity index (χ1v) is 3.39. The summed E-state index contributed by atoms with van der Waals surface area (Å²) in [6, 6.07) is -0.174. The first-order valence-electron chi connectivity index (χ1n) is 3.39. The number of hydrogen-bond acceptors (Lipinski definition) is 2. The van der Waals surface area contributed by atoms with E-state index in [0.717, 1.165) is 0 Å². The summed E-state index contributed by atoms with van der Waals surface area (Å²) in [6.45, 7) is 5.30. The lowest BCUT2D eigenvalue weighted by Crippen LogP contribution is -2.36. The van der Waals surface area contributed by atoms with Crippen LogP contribution in [0.15, 0.2) is 0 Å². The van der Waals surface area contributed by atoms with Crippen LogP contribution in [-0.2, 0) is 0 Å². The number of hydrogen-bond donors (Lipinski definition) is 0. The summed E-state index contributed by atoms with van der Waals surface area (Å²) in [6.07, 6.45) is 0.639. The van der Waals surface area contributed by atoms with E-state index >= 15 is 0 Å². The van der Waals surface area contributed by atoms with Gasteiger partial charge in [-0.25, -0.2) is 0 Å². The van der Waals surface area contributed by atoms with Gasteiger partial charge in [0.05, 0.1) is 10.4 Å². The van der Waals surface area contributed by atoms with Gasteiger partial charge in [-0.05, 0) is 13.8 Å². The molecule has 10 heavy (non-hydrogen) atoms. The molecule has 4 heteroatoms. The molecule has 1 fully saturated rings. The highest BCUT2D eigenvalue weighted by Crippen LogP contribution is 2.28. The molecule has 1 aliphatic rings. The van der Waals surface area contributed by atoms with E-state index in [0.29, 0.717) is 16.5 Å². The van der Waals surface area contributed by atoms with E-state index in [1.54, 1.807) is 20.8 Å². The molecular formula is C6H12N2O2. The van der Waals surface area contributed by atoms with Gasteiger partial charge in [-0.15, -0.1) is 0 Å². The van der Waals surface area contributed by atoms with Crippen molar-refractivity contribution in [2.75, 3.05) is 0 Å². The van der Waals surface area contributed by atoms with Gasteiger partial charge in [0.1, 0.15) is 4.87 Å². The number of hydroxylamine groups is 1. The monoisotopic (exact) mass is 144 g/mol. The summed E-state index contributed by atoms with van der Waals surface area (Å²) in [5, 5.41) is 11.5. The van der Waals surface area contributed by atoms with Crippen LogP contribution in [0, 0.1) is 10.1 Å². The van der Waals surface area contributed by atoms with Crippen molar-refractivity contribution < 1.29 is 4.87 Å². The molecular weight excluding hydrogens is 132 g/mol. The Morgan fingerprint density at radius 2 is 2.20 bits per heavy atom. The standard InChI is InChI=1S/C6H12N2O2/c1-5-4-6(2,3)8(10)7(5)9/h5H,4H2,1-3H3. The third-order valence-electron chi connectivity index (χ3n) is 1.87. The minimum absolute atomic E-state index is 0.174. The molecule has 0 saturated carbocycles. The average Bonchev–Trinajstić information content (AvgIpc) is 1.95. The molecule has 0 N–H and O–H groups in total. The van der Waals surface area contributed by atoms with E-state index in [1.165, 1.54) is 0 Å². The van der Waals surface area contributed by atoms with Crippen molar-refractivity contribution in [2.24, 2.45) is 0 Å². The van der Waals surface area contributed by atoms with Gasteiger partial charge in [0.2, 0.25) is 6.04 Å². The molecule has 1 heterocycles. The smallest absolute Gasteiger partial charge is 0.233 e. The third kappa shape index (κ3) is 0.883. The zero-order valence-electron chi connectivity index (χ0n) is 6.50. The fourth-order valence-corrected chi connectivity index (χ4v) is 1.32. The van der Waals surface area contributed by atoms with Gasteiger partial charge in [-0.3, -0.25) is 0 Å². The van der Waals surface area contributed by atoms with Crippen molar-refractivity contribution in [3.63, 3.8) is 0 Å². The first kappa shape index (κ1) is 7.47. The van der Waals surface area contributed by atoms with Gasteiger partial charge in [-0.2, -0.15) is 5.17 Å². The minimum atomic E-state index is -0.513. The van der Waals surface area contributed by atoms with E-state index in [-0.39, 0.29) is 6.04 Å². The van der Waals surface area contributed by atoms with Crippen molar-refractivity contribution >= 4 is 0 Å². The van der Waals surface area contributed by atoms with Crippen LogP contribution in [0.1, 0.15) is 27.2 Å². The first-order chi connectivity index (χ1) is 4.45. The molecule has 0 radical (unpaired) electrons. The number of hydrazine groups is 1. The zero-order chi connectivity index (χ0) is 7.94. The predicted octanol–water partition coefficient (Wildman–Crippen LogP) is 1.05. The van der Waals surface area contributed by atoms with Crippen molar-refractivity contribution in [2.45, 2.75) is 38.8 Å². The van der Waals surface area contributed by atoms with Crippen molar-refractivity contribution in [1.29, 1.82) is 0 Å². The topological polar surface area (TPSA) is 46.4 Å². The summed E-state index contributed by atoms with van der Waals surface area (Å²) in [4.78, 5) is 11.4. The second kappa shape index (κ2) is 1.92. The summed E-state index contributed by atoms with van der Waals surface area (Å²) < 4.78 is 0. The summed E-state index contributed by atoms with van der Waals surface area (Å²) in [5.74, 6) is 0. The summed E-state index contributed by atoms with van der Waals surface area (Å²) in [5.41, 5.74) is -0.513. The molecule has 1 saturated heterocycles. The van der Waals surface area contributed by atoms with Crippen LogP contribution in [0.2, 0.25) is 0 Å². The Bertz CT molecular complexity index is 167. The normalized spacial score (nSPS) is 31.4. The van der Waals surface area contributed by atoms with Crippen LogP contribution in [0.3, 0.4) is 0 Å². The molecule has 0 aliphatic carbocycles. The Kier molecular flexibility index (Phi) is 1.43. The number of nitrogens with zero attached hydrogens (tertiary/aromatic N) is 2. The lowest BCUT2D eigenvalue weighted by Gasteiger charge is -2.27. The second-order valence-corrected chi connectivity index (χ2v) is 3.44. The summed E-state index contributed by atoms with van der Waals surface area (Å²) in [7, 11) is 0. The van der Waals surface area contributed by atoms with Gasteiger partial charge in [0.25, 0.3) is 0 Å². The summed E-state index contributed by atoms with van der Waals surface area (Å²) >= 11 is 0. The van der Waals surface area contributed by atoms with E-state index in [4.69, 9.17) is 0 Å². The third-order valence-corrected chi connectivity index (χ3v) is 1.87. The van der Waals surface area contributed by atoms with Gasteiger partial charge in [-0.1, -0.05) is 0 Å². The van der Waals surface area contributed by atoms with Crippen LogP contribution in [0.25, 0.3) is 0 Å². The van der Waals surface area contributed by atoms with E-state index < -0.39 is 5.54 Å². The fraction of sp³-hybridized carbons (Fsp3) is 1.00. The molecule has 0 amide bonds. The predicted molar refractivity (Wildman–Crippen MR) is 37.0 cm³/mol. The van der Waals surface area contributed by atoms with Gasteiger partial charge in [0.15, 0.2) is 0 Å². The molecule has 4 nitrogen and oxygen atoms in total. The molecule has 1 unspecified atom stereocenters. The maximum absolute atomic E-state index is 11.0. The van der Waals surface area contributed by atoms with Crippen molar-refractivity contribution in [3.8, 4) is 0 Å². The molecule has 0 aromatic carbocycles. The Labute approximate surface area is 59.9 Å². The number of rotatable bonds is 0. The fourth-order valence-electron chi connectivity index (χ4n) is 1.32. The van der Waals surface area contributed by atoms with Crippen LogP contribution in [0.5, 0.6) is 0 Å². The van der Waals surface area contributed by atoms with Crippen LogP contribution in [0.4, 0.5) is 0 Å². The number of nitroso groups, excluding NO2 is 1. The molecule has 0 aromatic rings. The van der Waals surface area contributed by atoms with Crippen LogP contribution < -0.4 is 0 Å². The Morgan fingerprint density at radius 1 is 1.70 bits per heavy atom. The van der Waals surface area contributed by atoms with Crippen molar-refractivity contribution in [3.05, 3.63) is 10.1 Å². The molecule has 1 atom stereocenters. The van der Waals surface area contributed by atoms with E-state index in [9.17, 15) is 10.1 Å². The molecule has 58 valence electrons. The van der Waals surface area contributed by atoms with Gasteiger partial charge >= 0.3 is 0 Å². The maximum Gasteiger partial charge on any atom is 0.233 e. The highest BCUT2D eigenvalue weighted by atomic mass is 16.6. The van der Waals surface area contributed by atoms with Gasteiger partial charge in [0, 0.05) is 13.3 Å². The quantitative estimate of drug-likeness (QED) is 0.477. The molecule has 0 aromatic heterocycles. The Hall–Kier alpha value is -0.640. The lowest BCUT2D eigenvalue weighted by molar-refractivity contribution is -0.704. The lowest BCUT2D eigenvalue weighted by atomic mass is 10.00. The largest absolute Gasteiger partial charge is 0.704 e. The Balaban J connectivity index is 2.81.